The molecule has 1 aliphatic carbocycles. The van der Waals surface area contributed by atoms with E-state index in [1.165, 1.54) is 6.42 Å². The minimum Gasteiger partial charge on any atom is -0.369 e. The van der Waals surface area contributed by atoms with E-state index in [-0.39, 0.29) is 23.0 Å². The zero-order valence-corrected chi connectivity index (χ0v) is 11.9. The monoisotopic (exact) mass is 254 g/mol. The molecule has 1 heterocycles. The molecule has 0 bridgehead atoms. The summed E-state index contributed by atoms with van der Waals surface area (Å²) >= 11 is 0. The number of carbonyl (C=O) groups excluding carboxylic acids is 1. The molecule has 104 valence electrons. The molecule has 1 unspecified atom stereocenters. The molecule has 1 aliphatic heterocycles. The molecule has 0 radical (unpaired) electrons. The number of hydrogen-bond donors (Lipinski definition) is 1. The molecule has 1 amide bonds. The third-order valence-corrected chi connectivity index (χ3v) is 4.30. The van der Waals surface area contributed by atoms with E-state index >= 15 is 0 Å². The van der Waals surface area contributed by atoms with E-state index in [1.54, 1.807) is 0 Å². The maximum Gasteiger partial charge on any atom is 0.223 e. The molecule has 0 aromatic heterocycles. The Morgan fingerprint density at radius 2 is 2.11 bits per heavy atom. The van der Waals surface area contributed by atoms with Gasteiger partial charge in [-0.15, -0.1) is 0 Å². The molecule has 2 aliphatic rings. The lowest BCUT2D eigenvalue weighted by atomic mass is 9.66. The van der Waals surface area contributed by atoms with Gasteiger partial charge in [-0.25, -0.2) is 0 Å². The minimum absolute atomic E-state index is 0.1000. The van der Waals surface area contributed by atoms with Gasteiger partial charge in [0.05, 0.1) is 11.7 Å². The zero-order chi connectivity index (χ0) is 13.4. The minimum atomic E-state index is -0.233. The summed E-state index contributed by atoms with van der Waals surface area (Å²) in [6, 6.07) is 0. The van der Waals surface area contributed by atoms with Crippen LogP contribution in [0.1, 0.15) is 46.5 Å². The zero-order valence-electron chi connectivity index (χ0n) is 11.9. The van der Waals surface area contributed by atoms with Crippen LogP contribution in [-0.2, 0) is 9.53 Å². The summed E-state index contributed by atoms with van der Waals surface area (Å²) in [7, 11) is 0. The molecule has 0 aromatic carbocycles. The highest BCUT2D eigenvalue weighted by Crippen LogP contribution is 2.43. The SMILES string of the molecule is CC1CN(C(=O)CC2(CN)CCC2)CC(C)(C)O1. The molecular weight excluding hydrogens is 228 g/mol. The van der Waals surface area contributed by atoms with Crippen molar-refractivity contribution in [2.45, 2.75) is 58.2 Å². The van der Waals surface area contributed by atoms with E-state index in [9.17, 15) is 4.79 Å². The molecule has 2 rings (SSSR count). The van der Waals surface area contributed by atoms with Crippen LogP contribution >= 0.6 is 0 Å². The van der Waals surface area contributed by atoms with Crippen molar-refractivity contribution in [2.75, 3.05) is 19.6 Å². The van der Waals surface area contributed by atoms with Crippen molar-refractivity contribution in [3.05, 3.63) is 0 Å². The lowest BCUT2D eigenvalue weighted by Gasteiger charge is -2.45. The van der Waals surface area contributed by atoms with Crippen LogP contribution in [0, 0.1) is 5.41 Å². The van der Waals surface area contributed by atoms with Crippen LogP contribution in [0.5, 0.6) is 0 Å². The molecular formula is C14H26N2O2. The van der Waals surface area contributed by atoms with Gasteiger partial charge in [-0.3, -0.25) is 4.79 Å². The summed E-state index contributed by atoms with van der Waals surface area (Å²) in [5.74, 6) is 0.253. The number of ether oxygens (including phenoxy) is 1. The average Bonchev–Trinajstić information content (AvgIpc) is 2.20. The van der Waals surface area contributed by atoms with Gasteiger partial charge in [-0.05, 0) is 45.6 Å². The summed E-state index contributed by atoms with van der Waals surface area (Å²) in [5, 5.41) is 0. The highest BCUT2D eigenvalue weighted by molar-refractivity contribution is 5.77. The average molecular weight is 254 g/mol. The lowest BCUT2D eigenvalue weighted by Crippen LogP contribution is -2.55. The van der Waals surface area contributed by atoms with Crippen molar-refractivity contribution < 1.29 is 9.53 Å². The Kier molecular flexibility index (Phi) is 3.70. The Morgan fingerprint density at radius 1 is 1.44 bits per heavy atom. The predicted octanol–water partition coefficient (Wildman–Crippen LogP) is 1.53. The number of hydrogen-bond acceptors (Lipinski definition) is 3. The predicted molar refractivity (Wildman–Crippen MR) is 71.2 cm³/mol. The summed E-state index contributed by atoms with van der Waals surface area (Å²) in [4.78, 5) is 14.4. The Bertz CT molecular complexity index is 318. The maximum atomic E-state index is 12.4. The Balaban J connectivity index is 1.96. The number of amides is 1. The van der Waals surface area contributed by atoms with Crippen LogP contribution in [0.25, 0.3) is 0 Å². The topological polar surface area (TPSA) is 55.6 Å². The molecule has 0 aromatic rings. The van der Waals surface area contributed by atoms with Gasteiger partial charge in [0.1, 0.15) is 0 Å². The van der Waals surface area contributed by atoms with Gasteiger partial charge in [0.2, 0.25) is 5.91 Å². The van der Waals surface area contributed by atoms with Crippen LogP contribution in [0.4, 0.5) is 0 Å². The van der Waals surface area contributed by atoms with Gasteiger partial charge in [0.15, 0.2) is 0 Å². The van der Waals surface area contributed by atoms with E-state index in [4.69, 9.17) is 10.5 Å². The molecule has 4 heteroatoms. The fourth-order valence-electron chi connectivity index (χ4n) is 3.21. The van der Waals surface area contributed by atoms with Gasteiger partial charge in [-0.1, -0.05) is 6.42 Å². The smallest absolute Gasteiger partial charge is 0.223 e. The van der Waals surface area contributed by atoms with Crippen LogP contribution in [0.15, 0.2) is 0 Å². The van der Waals surface area contributed by atoms with E-state index in [0.717, 1.165) is 12.8 Å². The number of rotatable bonds is 3. The number of carbonyl (C=O) groups is 1. The van der Waals surface area contributed by atoms with Gasteiger partial charge >= 0.3 is 0 Å². The standard InChI is InChI=1S/C14H26N2O2/c1-11-8-16(10-13(2,3)18-11)12(17)7-14(9-15)5-4-6-14/h11H,4-10,15H2,1-3H3. The first kappa shape index (κ1) is 13.8. The van der Waals surface area contributed by atoms with Crippen molar-refractivity contribution >= 4 is 5.91 Å². The summed E-state index contributed by atoms with van der Waals surface area (Å²) < 4.78 is 5.83. The third-order valence-electron chi connectivity index (χ3n) is 4.30. The number of nitrogens with zero attached hydrogens (tertiary/aromatic N) is 1. The number of morpholine rings is 1. The summed E-state index contributed by atoms with van der Waals surface area (Å²) in [5.41, 5.74) is 5.70. The van der Waals surface area contributed by atoms with Gasteiger partial charge in [0.25, 0.3) is 0 Å². The fourth-order valence-corrected chi connectivity index (χ4v) is 3.21. The highest BCUT2D eigenvalue weighted by Gasteiger charge is 2.41. The van der Waals surface area contributed by atoms with Crippen molar-refractivity contribution in [3.63, 3.8) is 0 Å². The van der Waals surface area contributed by atoms with E-state index in [0.29, 0.717) is 26.1 Å². The molecule has 2 fully saturated rings. The Hall–Kier alpha value is -0.610. The second kappa shape index (κ2) is 4.82. The van der Waals surface area contributed by atoms with Gasteiger partial charge in [-0.2, -0.15) is 0 Å². The lowest BCUT2D eigenvalue weighted by molar-refractivity contribution is -0.161. The highest BCUT2D eigenvalue weighted by atomic mass is 16.5. The molecule has 0 spiro atoms. The summed E-state index contributed by atoms with van der Waals surface area (Å²) in [6.45, 7) is 8.17. The van der Waals surface area contributed by atoms with Crippen molar-refractivity contribution in [3.8, 4) is 0 Å². The Morgan fingerprint density at radius 3 is 2.56 bits per heavy atom. The van der Waals surface area contributed by atoms with E-state index < -0.39 is 0 Å². The first-order chi connectivity index (χ1) is 8.36. The van der Waals surface area contributed by atoms with Crippen LogP contribution in [-0.4, -0.2) is 42.1 Å². The van der Waals surface area contributed by atoms with Crippen LogP contribution in [0.2, 0.25) is 0 Å². The molecule has 1 saturated heterocycles. The molecule has 4 nitrogen and oxygen atoms in total. The van der Waals surface area contributed by atoms with Crippen molar-refractivity contribution in [1.29, 1.82) is 0 Å². The van der Waals surface area contributed by atoms with E-state index in [2.05, 4.69) is 0 Å². The quantitative estimate of drug-likeness (QED) is 0.831. The first-order valence-electron chi connectivity index (χ1n) is 7.02. The third kappa shape index (κ3) is 2.86. The largest absolute Gasteiger partial charge is 0.369 e. The second-order valence-corrected chi connectivity index (χ2v) is 6.70. The molecule has 2 N–H and O–H groups in total. The van der Waals surface area contributed by atoms with Crippen molar-refractivity contribution in [2.24, 2.45) is 11.1 Å². The molecule has 18 heavy (non-hydrogen) atoms. The van der Waals surface area contributed by atoms with Crippen LogP contribution in [0.3, 0.4) is 0 Å². The normalized spacial score (nSPS) is 29.8. The van der Waals surface area contributed by atoms with Crippen LogP contribution < -0.4 is 5.73 Å². The van der Waals surface area contributed by atoms with E-state index in [1.807, 2.05) is 25.7 Å². The fraction of sp³-hybridized carbons (Fsp3) is 0.929. The van der Waals surface area contributed by atoms with Gasteiger partial charge < -0.3 is 15.4 Å². The molecule has 1 atom stereocenters. The van der Waals surface area contributed by atoms with Gasteiger partial charge in [0, 0.05) is 19.5 Å². The number of nitrogens with two attached hydrogens (primary N) is 1. The molecule has 1 saturated carbocycles. The Labute approximate surface area is 110 Å². The second-order valence-electron chi connectivity index (χ2n) is 6.70. The first-order valence-corrected chi connectivity index (χ1v) is 7.02. The maximum absolute atomic E-state index is 12.4. The van der Waals surface area contributed by atoms with Crippen molar-refractivity contribution in [1.82, 2.24) is 4.90 Å². The summed E-state index contributed by atoms with van der Waals surface area (Å²) in [6.07, 6.45) is 4.17.